The summed E-state index contributed by atoms with van der Waals surface area (Å²) in [6, 6.07) is 0. The van der Waals surface area contributed by atoms with E-state index in [1.165, 1.54) is 0 Å². The lowest BCUT2D eigenvalue weighted by Crippen LogP contribution is -2.39. The van der Waals surface area contributed by atoms with E-state index in [0.29, 0.717) is 4.57 Å². The van der Waals surface area contributed by atoms with Crippen LogP contribution in [0.15, 0.2) is 31.8 Å². The summed E-state index contributed by atoms with van der Waals surface area (Å²) < 4.78 is 127. The first kappa shape index (κ1) is 8.20. The van der Waals surface area contributed by atoms with Gasteiger partial charge in [-0.15, -0.1) is 0 Å². The fourth-order valence-corrected chi connectivity index (χ4v) is 2.51. The van der Waals surface area contributed by atoms with E-state index < -0.39 is 92.0 Å². The molecule has 4 rings (SSSR count). The van der Waals surface area contributed by atoms with Crippen molar-refractivity contribution in [3.05, 3.63) is 54.3 Å². The highest BCUT2D eigenvalue weighted by atomic mass is 16.2. The Morgan fingerprint density at radius 2 is 1.33 bits per heavy atom. The third-order valence-corrected chi connectivity index (χ3v) is 3.89. The van der Waals surface area contributed by atoms with E-state index in [0.717, 1.165) is 20.2 Å². The lowest BCUT2D eigenvalue weighted by Gasteiger charge is -2.05. The second kappa shape index (κ2) is 7.61. The number of hydrogen-bond donors (Lipinski definition) is 0. The molecule has 30 heavy (non-hydrogen) atoms. The second-order valence-electron chi connectivity index (χ2n) is 5.47. The maximum atomic E-state index is 12.5. The number of hydrogen-bond acceptors (Lipinski definition) is 6. The van der Waals surface area contributed by atoms with E-state index in [1.54, 1.807) is 0 Å². The molecule has 4 aromatic rings. The van der Waals surface area contributed by atoms with Crippen molar-refractivity contribution >= 4 is 22.3 Å². The molecule has 0 amide bonds. The molecule has 4 aromatic heterocycles. The van der Waals surface area contributed by atoms with Crippen LogP contribution in [0.5, 0.6) is 0 Å². The Morgan fingerprint density at radius 1 is 0.833 bits per heavy atom. The summed E-state index contributed by atoms with van der Waals surface area (Å²) in [7, 11) is 0. The molecule has 12 heteroatoms. The van der Waals surface area contributed by atoms with E-state index in [2.05, 4.69) is 9.97 Å². The van der Waals surface area contributed by atoms with Gasteiger partial charge in [-0.2, -0.15) is 0 Å². The zero-order valence-corrected chi connectivity index (χ0v) is 15.3. The number of nitrogens with zero attached hydrogens (tertiary/aromatic N) is 8. The van der Waals surface area contributed by atoms with Gasteiger partial charge in [-0.1, -0.05) is 0 Å². The number of rotatable bonds is 2. The monoisotopic (exact) mass is 433 g/mol. The van der Waals surface area contributed by atoms with Crippen molar-refractivity contribution in [1.29, 1.82) is 0 Å². The first-order chi connectivity index (χ1) is 20.8. The van der Waals surface area contributed by atoms with Gasteiger partial charge in [0.25, 0.3) is 11.1 Å². The number of imidazole rings is 2. The molecule has 4 heterocycles. The van der Waals surface area contributed by atoms with Crippen LogP contribution in [0, 0.1) is 0 Å². The highest BCUT2D eigenvalue weighted by Crippen LogP contribution is 2.03. The fourth-order valence-electron chi connectivity index (χ4n) is 2.51. The Labute approximate surface area is 193 Å². The van der Waals surface area contributed by atoms with E-state index >= 15 is 0 Å². The Balaban J connectivity index is 0.000000256. The lowest BCUT2D eigenvalue weighted by molar-refractivity contribution is 0.635. The van der Waals surface area contributed by atoms with Gasteiger partial charge in [-0.05, 0) is 13.8 Å². The third-order valence-electron chi connectivity index (χ3n) is 3.89. The lowest BCUT2D eigenvalue weighted by atomic mass is 10.5. The molecule has 0 aliphatic carbocycles. The summed E-state index contributed by atoms with van der Waals surface area (Å²) in [5.41, 5.74) is -8.62. The quantitative estimate of drug-likeness (QED) is 0.396. The van der Waals surface area contributed by atoms with Crippen LogP contribution < -0.4 is 22.5 Å². The van der Waals surface area contributed by atoms with E-state index in [1.807, 2.05) is 0 Å². The molecule has 0 saturated carbocycles. The standard InChI is InChI=1S/2C9H12N4O2/c2*1-4-13-8(14)6-7(10-5-11(6)2)12(3)9(13)15/h2*5H,4H2,1-3H3/i2D3,3D3,4D2,5D;2D3,3D3,4D2. The van der Waals surface area contributed by atoms with Crippen molar-refractivity contribution in [2.24, 2.45) is 27.9 Å². The van der Waals surface area contributed by atoms with Crippen molar-refractivity contribution < 1.29 is 23.3 Å². The molecule has 0 aliphatic heterocycles. The Kier molecular flexibility index (Phi) is 2.08. The van der Waals surface area contributed by atoms with Gasteiger partial charge < -0.3 is 9.13 Å². The van der Waals surface area contributed by atoms with Gasteiger partial charge >= 0.3 is 11.4 Å². The molecule has 160 valence electrons. The highest BCUT2D eigenvalue weighted by Gasteiger charge is 2.14. The second-order valence-corrected chi connectivity index (χ2v) is 5.47. The van der Waals surface area contributed by atoms with Crippen LogP contribution in [-0.4, -0.2) is 37.4 Å². The van der Waals surface area contributed by atoms with Crippen LogP contribution >= 0.6 is 0 Å². The summed E-state index contributed by atoms with van der Waals surface area (Å²) >= 11 is 0. The summed E-state index contributed by atoms with van der Waals surface area (Å²) in [6.45, 7) is -15.6. The van der Waals surface area contributed by atoms with Crippen molar-refractivity contribution in [3.63, 3.8) is 0 Å². The van der Waals surface area contributed by atoms with Crippen LogP contribution in [0.2, 0.25) is 0 Å². The van der Waals surface area contributed by atoms with Gasteiger partial charge in [0.15, 0.2) is 22.3 Å². The number of aromatic nitrogens is 8. The number of aryl methyl sites for hydroxylation is 4. The van der Waals surface area contributed by atoms with Crippen molar-refractivity contribution in [1.82, 2.24) is 37.4 Å². The molecule has 0 radical (unpaired) electrons. The minimum absolute atomic E-state index is 0.00887. The molecule has 0 N–H and O–H groups in total. The highest BCUT2D eigenvalue weighted by molar-refractivity contribution is 5.70. The molecule has 12 nitrogen and oxygen atoms in total. The van der Waals surface area contributed by atoms with E-state index in [-0.39, 0.29) is 22.8 Å². The topological polar surface area (TPSA) is 124 Å². The Bertz CT molecular complexity index is 2110. The summed E-state index contributed by atoms with van der Waals surface area (Å²) in [4.78, 5) is 56.5. The molecule has 0 fully saturated rings. The largest absolute Gasteiger partial charge is 0.332 e. The smallest absolute Gasteiger partial charge is 0.328 e. The van der Waals surface area contributed by atoms with Gasteiger partial charge in [0, 0.05) is 62.8 Å². The fraction of sp³-hybridized carbons (Fsp3) is 0.444. The van der Waals surface area contributed by atoms with Gasteiger partial charge in [-0.3, -0.25) is 27.9 Å². The van der Waals surface area contributed by atoms with Crippen LogP contribution in [0.25, 0.3) is 22.3 Å². The first-order valence-corrected chi connectivity index (χ1v) is 7.81. The van der Waals surface area contributed by atoms with Gasteiger partial charge in [0.2, 0.25) is 0 Å². The minimum Gasteiger partial charge on any atom is -0.328 e. The van der Waals surface area contributed by atoms with Gasteiger partial charge in [0.1, 0.15) is 1.37 Å². The van der Waals surface area contributed by atoms with Crippen LogP contribution in [0.3, 0.4) is 0 Å². The van der Waals surface area contributed by atoms with Crippen molar-refractivity contribution in [2.45, 2.75) is 26.8 Å². The minimum atomic E-state index is -3.17. The first-order valence-electron chi connectivity index (χ1n) is 16.3. The molecule has 0 bridgehead atoms. The zero-order valence-electron chi connectivity index (χ0n) is 32.3. The molecular formula is C18H24N8O4. The average molecular weight is 434 g/mol. The average Bonchev–Trinajstić information content (AvgIpc) is 3.37. The summed E-state index contributed by atoms with van der Waals surface area (Å²) in [5.74, 6) is 0. The normalized spacial score (nSPS) is 22.1. The van der Waals surface area contributed by atoms with Crippen LogP contribution in [0.1, 0.15) is 37.2 Å². The van der Waals surface area contributed by atoms with Gasteiger partial charge in [-0.25, -0.2) is 19.6 Å². The Hall–Kier alpha value is -3.70. The molecule has 0 aliphatic rings. The SMILES string of the molecule is [2H]C([2H])([2H])n1cnc2c1c(=O)n(C([2H])([2H])C)c(=O)n2C([2H])([2H])[2H].[2H]c1nc2c(c(=O)n(C([2H])([2H])C)c(=O)n2C([2H])([2H])[2H])n1C([2H])([2H])[2H]. The third kappa shape index (κ3) is 3.00. The summed E-state index contributed by atoms with van der Waals surface area (Å²) in [5, 5.41) is 0. The van der Waals surface area contributed by atoms with Crippen molar-refractivity contribution in [2.75, 3.05) is 0 Å². The zero-order chi connectivity index (χ0) is 36.8. The molecular weight excluding hydrogens is 392 g/mol. The molecule has 0 atom stereocenters. The van der Waals surface area contributed by atoms with Crippen LogP contribution in [0.4, 0.5) is 0 Å². The molecule has 0 spiro atoms. The summed E-state index contributed by atoms with van der Waals surface area (Å²) in [6.07, 6.45) is -0.232. The Morgan fingerprint density at radius 3 is 1.80 bits per heavy atom. The van der Waals surface area contributed by atoms with Crippen LogP contribution in [-0.2, 0) is 40.9 Å². The maximum Gasteiger partial charge on any atom is 0.332 e. The predicted octanol–water partition coefficient (Wildman–Crippen LogP) is -1.09. The van der Waals surface area contributed by atoms with Crippen molar-refractivity contribution in [3.8, 4) is 0 Å². The van der Waals surface area contributed by atoms with E-state index in [4.69, 9.17) is 23.3 Å². The number of fused-ring (bicyclic) bond motifs is 2. The molecule has 0 unspecified atom stereocenters. The van der Waals surface area contributed by atoms with E-state index in [9.17, 15) is 19.2 Å². The van der Waals surface area contributed by atoms with Gasteiger partial charge in [0.05, 0.1) is 12.6 Å². The molecule has 0 saturated heterocycles. The molecule has 0 aromatic carbocycles. The predicted molar refractivity (Wildman–Crippen MR) is 112 cm³/mol. The maximum absolute atomic E-state index is 12.5.